The minimum absolute atomic E-state index is 0.248. The maximum atomic E-state index is 6.16. The Balaban J connectivity index is 1.69. The number of nitrogens with one attached hydrogen (secondary N) is 1. The normalized spacial score (nSPS) is 14.6. The lowest BCUT2D eigenvalue weighted by Gasteiger charge is -2.12. The van der Waals surface area contributed by atoms with Crippen LogP contribution in [0.15, 0.2) is 29.6 Å². The molecular formula is C14H14ClNO2S. The van der Waals surface area contributed by atoms with Crippen LogP contribution in [-0.2, 0) is 6.54 Å². The van der Waals surface area contributed by atoms with E-state index < -0.39 is 0 Å². The van der Waals surface area contributed by atoms with Crippen LogP contribution in [0.2, 0.25) is 5.02 Å². The first-order valence-corrected chi connectivity index (χ1v) is 7.34. The van der Waals surface area contributed by atoms with E-state index in [2.05, 4.69) is 29.8 Å². The highest BCUT2D eigenvalue weighted by Crippen LogP contribution is 2.39. The fourth-order valence-corrected chi connectivity index (χ4v) is 3.08. The van der Waals surface area contributed by atoms with Crippen molar-refractivity contribution in [2.75, 3.05) is 6.79 Å². The van der Waals surface area contributed by atoms with Gasteiger partial charge in [-0.2, -0.15) is 0 Å². The fourth-order valence-electron chi connectivity index (χ4n) is 2.03. The Morgan fingerprint density at radius 3 is 3.11 bits per heavy atom. The average molecular weight is 296 g/mol. The molecule has 3 rings (SSSR count). The van der Waals surface area contributed by atoms with Crippen molar-refractivity contribution in [1.82, 2.24) is 5.32 Å². The molecule has 0 spiro atoms. The van der Waals surface area contributed by atoms with Gasteiger partial charge in [0.1, 0.15) is 0 Å². The standard InChI is InChI=1S/C14H14ClNO2S/c1-9(13-3-2-4-19-13)16-7-10-5-11(15)14-12(6-10)17-8-18-14/h2-6,9,16H,7-8H2,1H3/t9-/m0/s1. The van der Waals surface area contributed by atoms with Crippen molar-refractivity contribution in [3.8, 4) is 11.5 Å². The van der Waals surface area contributed by atoms with Gasteiger partial charge in [0.05, 0.1) is 5.02 Å². The summed E-state index contributed by atoms with van der Waals surface area (Å²) in [6.07, 6.45) is 0. The van der Waals surface area contributed by atoms with Gasteiger partial charge in [-0.05, 0) is 36.1 Å². The van der Waals surface area contributed by atoms with Gasteiger partial charge in [-0.15, -0.1) is 11.3 Å². The second kappa shape index (κ2) is 5.41. The molecule has 1 aromatic carbocycles. The Kier molecular flexibility index (Phi) is 3.64. The van der Waals surface area contributed by atoms with Crippen LogP contribution in [0.3, 0.4) is 0 Å². The third-order valence-electron chi connectivity index (χ3n) is 3.07. The van der Waals surface area contributed by atoms with Crippen molar-refractivity contribution in [3.05, 3.63) is 45.1 Å². The van der Waals surface area contributed by atoms with Crippen molar-refractivity contribution in [1.29, 1.82) is 0 Å². The lowest BCUT2D eigenvalue weighted by molar-refractivity contribution is 0.174. The molecule has 100 valence electrons. The summed E-state index contributed by atoms with van der Waals surface area (Å²) >= 11 is 7.92. The van der Waals surface area contributed by atoms with E-state index in [9.17, 15) is 0 Å². The molecule has 0 saturated carbocycles. The molecule has 2 heterocycles. The molecule has 1 N–H and O–H groups in total. The molecule has 1 aliphatic rings. The van der Waals surface area contributed by atoms with E-state index in [1.807, 2.05) is 12.1 Å². The first kappa shape index (κ1) is 12.8. The first-order valence-electron chi connectivity index (χ1n) is 6.09. The number of hydrogen-bond acceptors (Lipinski definition) is 4. The number of halogens is 1. The number of hydrogen-bond donors (Lipinski definition) is 1. The molecule has 19 heavy (non-hydrogen) atoms. The van der Waals surface area contributed by atoms with E-state index in [0.29, 0.717) is 16.8 Å². The zero-order valence-corrected chi connectivity index (χ0v) is 12.1. The molecule has 1 aromatic heterocycles. The van der Waals surface area contributed by atoms with Crippen LogP contribution < -0.4 is 14.8 Å². The molecule has 0 saturated heterocycles. The summed E-state index contributed by atoms with van der Waals surface area (Å²) in [6, 6.07) is 8.42. The number of fused-ring (bicyclic) bond motifs is 1. The van der Waals surface area contributed by atoms with Crippen LogP contribution >= 0.6 is 22.9 Å². The first-order chi connectivity index (χ1) is 9.24. The smallest absolute Gasteiger partial charge is 0.231 e. The topological polar surface area (TPSA) is 30.5 Å². The summed E-state index contributed by atoms with van der Waals surface area (Å²) in [7, 11) is 0. The second-order valence-electron chi connectivity index (χ2n) is 4.43. The predicted molar refractivity (Wildman–Crippen MR) is 77.1 cm³/mol. The summed E-state index contributed by atoms with van der Waals surface area (Å²) in [5.41, 5.74) is 1.10. The number of benzene rings is 1. The molecule has 3 nitrogen and oxygen atoms in total. The Labute approximate surface area is 121 Å². The van der Waals surface area contributed by atoms with Gasteiger partial charge in [0.25, 0.3) is 0 Å². The van der Waals surface area contributed by atoms with Crippen LogP contribution in [0.4, 0.5) is 0 Å². The van der Waals surface area contributed by atoms with E-state index in [0.717, 1.165) is 17.9 Å². The molecule has 0 fully saturated rings. The van der Waals surface area contributed by atoms with Gasteiger partial charge in [0.2, 0.25) is 6.79 Å². The molecule has 5 heteroatoms. The van der Waals surface area contributed by atoms with Gasteiger partial charge < -0.3 is 14.8 Å². The molecule has 0 radical (unpaired) electrons. The van der Waals surface area contributed by atoms with Gasteiger partial charge in [0, 0.05) is 17.5 Å². The van der Waals surface area contributed by atoms with E-state index in [1.54, 1.807) is 11.3 Å². The third kappa shape index (κ3) is 2.71. The van der Waals surface area contributed by atoms with Crippen molar-refractivity contribution < 1.29 is 9.47 Å². The van der Waals surface area contributed by atoms with Crippen LogP contribution in [0.25, 0.3) is 0 Å². The lowest BCUT2D eigenvalue weighted by Crippen LogP contribution is -2.17. The summed E-state index contributed by atoms with van der Waals surface area (Å²) < 4.78 is 10.7. The van der Waals surface area contributed by atoms with Gasteiger partial charge in [-0.3, -0.25) is 0 Å². The van der Waals surface area contributed by atoms with E-state index in [1.165, 1.54) is 4.88 Å². The highest BCUT2D eigenvalue weighted by Gasteiger charge is 2.18. The van der Waals surface area contributed by atoms with Gasteiger partial charge in [0.15, 0.2) is 11.5 Å². The molecule has 0 bridgehead atoms. The number of ether oxygens (including phenoxy) is 2. The molecule has 0 amide bonds. The van der Waals surface area contributed by atoms with E-state index in [4.69, 9.17) is 21.1 Å². The van der Waals surface area contributed by atoms with E-state index >= 15 is 0 Å². The fraction of sp³-hybridized carbons (Fsp3) is 0.286. The summed E-state index contributed by atoms with van der Waals surface area (Å²) in [6.45, 7) is 3.15. The molecule has 0 unspecified atom stereocenters. The van der Waals surface area contributed by atoms with Gasteiger partial charge in [-0.1, -0.05) is 17.7 Å². The van der Waals surface area contributed by atoms with Gasteiger partial charge in [-0.25, -0.2) is 0 Å². The van der Waals surface area contributed by atoms with Crippen molar-refractivity contribution >= 4 is 22.9 Å². The summed E-state index contributed by atoms with van der Waals surface area (Å²) in [5, 5.41) is 6.17. The molecule has 1 atom stereocenters. The lowest BCUT2D eigenvalue weighted by atomic mass is 10.2. The minimum Gasteiger partial charge on any atom is -0.454 e. The van der Waals surface area contributed by atoms with E-state index in [-0.39, 0.29) is 6.79 Å². The zero-order chi connectivity index (χ0) is 13.2. The molecule has 0 aliphatic carbocycles. The Morgan fingerprint density at radius 2 is 2.32 bits per heavy atom. The zero-order valence-electron chi connectivity index (χ0n) is 10.5. The Morgan fingerprint density at radius 1 is 1.42 bits per heavy atom. The number of thiophene rings is 1. The van der Waals surface area contributed by atoms with Crippen molar-refractivity contribution in [3.63, 3.8) is 0 Å². The summed E-state index contributed by atoms with van der Waals surface area (Å²) in [5.74, 6) is 1.38. The maximum Gasteiger partial charge on any atom is 0.231 e. The van der Waals surface area contributed by atoms with Crippen LogP contribution in [0, 0.1) is 0 Å². The monoisotopic (exact) mass is 295 g/mol. The predicted octanol–water partition coefficient (Wildman–Crippen LogP) is 3.98. The largest absolute Gasteiger partial charge is 0.454 e. The molecular weight excluding hydrogens is 282 g/mol. The Bertz CT molecular complexity index is 571. The number of rotatable bonds is 4. The van der Waals surface area contributed by atoms with Crippen molar-refractivity contribution in [2.24, 2.45) is 0 Å². The quantitative estimate of drug-likeness (QED) is 0.925. The maximum absolute atomic E-state index is 6.16. The van der Waals surface area contributed by atoms with Crippen LogP contribution in [0.1, 0.15) is 23.4 Å². The molecule has 1 aliphatic heterocycles. The average Bonchev–Trinajstić information content (AvgIpc) is 3.06. The SMILES string of the molecule is C[C@H](NCc1cc(Cl)c2c(c1)OCO2)c1cccs1. The third-order valence-corrected chi connectivity index (χ3v) is 4.41. The summed E-state index contributed by atoms with van der Waals surface area (Å²) in [4.78, 5) is 1.33. The van der Waals surface area contributed by atoms with Crippen LogP contribution in [0.5, 0.6) is 11.5 Å². The second-order valence-corrected chi connectivity index (χ2v) is 5.82. The highest BCUT2D eigenvalue weighted by atomic mass is 35.5. The van der Waals surface area contributed by atoms with Crippen LogP contribution in [-0.4, -0.2) is 6.79 Å². The van der Waals surface area contributed by atoms with Crippen molar-refractivity contribution in [2.45, 2.75) is 19.5 Å². The minimum atomic E-state index is 0.248. The molecule has 2 aromatic rings. The van der Waals surface area contributed by atoms with Gasteiger partial charge >= 0.3 is 0 Å². The highest BCUT2D eigenvalue weighted by molar-refractivity contribution is 7.10. The Hall–Kier alpha value is -1.23.